The van der Waals surface area contributed by atoms with E-state index in [9.17, 15) is 14.4 Å². The van der Waals surface area contributed by atoms with Gasteiger partial charge in [0.15, 0.2) is 18.5 Å². The van der Waals surface area contributed by atoms with Crippen molar-refractivity contribution >= 4 is 17.9 Å². The van der Waals surface area contributed by atoms with Crippen molar-refractivity contribution in [2.24, 2.45) is 0 Å². The van der Waals surface area contributed by atoms with Crippen molar-refractivity contribution < 1.29 is 42.8 Å². The molecule has 160 valence electrons. The third-order valence-corrected chi connectivity index (χ3v) is 4.16. The van der Waals surface area contributed by atoms with Gasteiger partial charge in [0.2, 0.25) is 0 Å². The SMILES string of the molecule is CO[C@H]1O[C@H](COC(C)=O)[C@@H](OC(C)=O)[C@H](OCc2ccccc2)[C@H]1OC(C)=O. The number of carbonyl (C=O) groups excluding carboxylic acids is 3. The lowest BCUT2D eigenvalue weighted by atomic mass is 9.98. The van der Waals surface area contributed by atoms with Crippen LogP contribution in [-0.2, 0) is 49.4 Å². The molecule has 1 aromatic rings. The summed E-state index contributed by atoms with van der Waals surface area (Å²) in [5.74, 6) is -1.68. The van der Waals surface area contributed by atoms with Crippen molar-refractivity contribution in [1.82, 2.24) is 0 Å². The van der Waals surface area contributed by atoms with Crippen LogP contribution in [0, 0.1) is 0 Å². The molecular formula is C20H26O9. The van der Waals surface area contributed by atoms with Gasteiger partial charge in [0.1, 0.15) is 18.8 Å². The van der Waals surface area contributed by atoms with Crippen molar-refractivity contribution in [3.05, 3.63) is 35.9 Å². The lowest BCUT2D eigenvalue weighted by molar-refractivity contribution is -0.308. The Morgan fingerprint density at radius 1 is 0.897 bits per heavy atom. The maximum Gasteiger partial charge on any atom is 0.303 e. The fourth-order valence-electron chi connectivity index (χ4n) is 3.01. The number of methoxy groups -OCH3 is 1. The Morgan fingerprint density at radius 3 is 2.07 bits per heavy atom. The van der Waals surface area contributed by atoms with Gasteiger partial charge >= 0.3 is 17.9 Å². The topological polar surface area (TPSA) is 107 Å². The monoisotopic (exact) mass is 410 g/mol. The quantitative estimate of drug-likeness (QED) is 0.464. The summed E-state index contributed by atoms with van der Waals surface area (Å²) in [6.07, 6.45) is -4.79. The highest BCUT2D eigenvalue weighted by Gasteiger charge is 2.51. The lowest BCUT2D eigenvalue weighted by Gasteiger charge is -2.44. The largest absolute Gasteiger partial charge is 0.463 e. The molecule has 1 aromatic carbocycles. The number of benzene rings is 1. The molecule has 2 rings (SSSR count). The smallest absolute Gasteiger partial charge is 0.303 e. The Bertz CT molecular complexity index is 690. The maximum atomic E-state index is 11.7. The van der Waals surface area contributed by atoms with Crippen LogP contribution in [0.1, 0.15) is 26.3 Å². The van der Waals surface area contributed by atoms with Crippen molar-refractivity contribution in [1.29, 1.82) is 0 Å². The predicted octanol–water partition coefficient (Wildman–Crippen LogP) is 1.37. The van der Waals surface area contributed by atoms with Gasteiger partial charge < -0.3 is 28.4 Å². The molecule has 0 saturated carbocycles. The van der Waals surface area contributed by atoms with Crippen LogP contribution in [-0.4, -0.2) is 62.3 Å². The molecule has 0 spiro atoms. The maximum absolute atomic E-state index is 11.7. The first-order chi connectivity index (χ1) is 13.8. The van der Waals surface area contributed by atoms with Crippen molar-refractivity contribution in [2.45, 2.75) is 58.1 Å². The van der Waals surface area contributed by atoms with Crippen molar-refractivity contribution in [2.75, 3.05) is 13.7 Å². The fraction of sp³-hybridized carbons (Fsp3) is 0.550. The summed E-state index contributed by atoms with van der Waals surface area (Å²) in [6.45, 7) is 3.71. The van der Waals surface area contributed by atoms with Crippen molar-refractivity contribution in [3.63, 3.8) is 0 Å². The molecular weight excluding hydrogens is 384 g/mol. The Kier molecular flexibility index (Phi) is 8.56. The number of ether oxygens (including phenoxy) is 6. The second-order valence-electron chi connectivity index (χ2n) is 6.49. The van der Waals surface area contributed by atoms with E-state index in [0.29, 0.717) is 0 Å². The zero-order valence-electron chi connectivity index (χ0n) is 16.9. The molecule has 1 aliphatic heterocycles. The summed E-state index contributed by atoms with van der Waals surface area (Å²) >= 11 is 0. The minimum atomic E-state index is -1.01. The van der Waals surface area contributed by atoms with E-state index in [1.54, 1.807) is 0 Å². The molecule has 0 bridgehead atoms. The van der Waals surface area contributed by atoms with Crippen LogP contribution in [0.4, 0.5) is 0 Å². The lowest BCUT2D eigenvalue weighted by Crippen LogP contribution is -2.62. The van der Waals surface area contributed by atoms with Gasteiger partial charge in [-0.3, -0.25) is 14.4 Å². The Balaban J connectivity index is 2.31. The van der Waals surface area contributed by atoms with Crippen molar-refractivity contribution in [3.8, 4) is 0 Å². The average Bonchev–Trinajstić information content (AvgIpc) is 2.66. The van der Waals surface area contributed by atoms with Crippen LogP contribution in [0.15, 0.2) is 30.3 Å². The second-order valence-corrected chi connectivity index (χ2v) is 6.49. The first kappa shape index (κ1) is 22.8. The molecule has 1 heterocycles. The minimum Gasteiger partial charge on any atom is -0.463 e. The molecule has 0 amide bonds. The molecule has 0 N–H and O–H groups in total. The second kappa shape index (κ2) is 10.9. The van der Waals surface area contributed by atoms with Gasteiger partial charge in [-0.15, -0.1) is 0 Å². The Labute approximate surface area is 169 Å². The van der Waals surface area contributed by atoms with Crippen LogP contribution in [0.25, 0.3) is 0 Å². The molecule has 1 fully saturated rings. The van der Waals surface area contributed by atoms with Gasteiger partial charge in [-0.1, -0.05) is 30.3 Å². The molecule has 9 nitrogen and oxygen atoms in total. The van der Waals surface area contributed by atoms with E-state index >= 15 is 0 Å². The van der Waals surface area contributed by atoms with E-state index < -0.39 is 48.6 Å². The number of carbonyl (C=O) groups is 3. The van der Waals surface area contributed by atoms with Crippen LogP contribution in [0.5, 0.6) is 0 Å². The molecule has 5 atom stereocenters. The van der Waals surface area contributed by atoms with E-state index in [2.05, 4.69) is 0 Å². The summed E-state index contributed by atoms with van der Waals surface area (Å²) in [6, 6.07) is 9.32. The number of rotatable bonds is 8. The molecule has 1 saturated heterocycles. The minimum absolute atomic E-state index is 0.164. The van der Waals surface area contributed by atoms with Crippen LogP contribution in [0.3, 0.4) is 0 Å². The molecule has 29 heavy (non-hydrogen) atoms. The summed E-state index contributed by atoms with van der Waals surface area (Å²) in [5, 5.41) is 0. The third kappa shape index (κ3) is 6.81. The van der Waals surface area contributed by atoms with Gasteiger partial charge in [-0.2, -0.15) is 0 Å². The molecule has 9 heteroatoms. The zero-order chi connectivity index (χ0) is 21.4. The van der Waals surface area contributed by atoms with E-state index in [0.717, 1.165) is 5.56 Å². The normalized spacial score (nSPS) is 26.4. The predicted molar refractivity (Wildman–Crippen MR) is 98.4 cm³/mol. The fourth-order valence-corrected chi connectivity index (χ4v) is 3.01. The van der Waals surface area contributed by atoms with E-state index in [-0.39, 0.29) is 13.2 Å². The molecule has 0 aromatic heterocycles. The van der Waals surface area contributed by atoms with E-state index in [1.807, 2.05) is 30.3 Å². The summed E-state index contributed by atoms with van der Waals surface area (Å²) < 4.78 is 32.9. The van der Waals surface area contributed by atoms with Gasteiger partial charge in [-0.25, -0.2) is 0 Å². The Hall–Kier alpha value is -2.49. The summed E-state index contributed by atoms with van der Waals surface area (Å²) in [5.41, 5.74) is 0.868. The van der Waals surface area contributed by atoms with E-state index in [1.165, 1.54) is 27.9 Å². The highest BCUT2D eigenvalue weighted by molar-refractivity contribution is 5.67. The van der Waals surface area contributed by atoms with Crippen LogP contribution < -0.4 is 0 Å². The third-order valence-electron chi connectivity index (χ3n) is 4.16. The van der Waals surface area contributed by atoms with Gasteiger partial charge in [0.05, 0.1) is 6.61 Å². The first-order valence-electron chi connectivity index (χ1n) is 9.13. The molecule has 0 radical (unpaired) electrons. The average molecular weight is 410 g/mol. The molecule has 0 aliphatic carbocycles. The van der Waals surface area contributed by atoms with Crippen LogP contribution in [0.2, 0.25) is 0 Å². The number of esters is 3. The standard InChI is InChI=1S/C20H26O9/c1-12(21)25-11-16-17(27-13(2)22)18(26-10-15-8-6-5-7-9-15)19(28-14(3)23)20(24-4)29-16/h5-9,16-20H,10-11H2,1-4H3/t16-,17-,18+,19-,20+/m1/s1. The van der Waals surface area contributed by atoms with Gasteiger partial charge in [0.25, 0.3) is 0 Å². The number of hydrogen-bond acceptors (Lipinski definition) is 9. The Morgan fingerprint density at radius 2 is 1.52 bits per heavy atom. The van der Waals surface area contributed by atoms with Gasteiger partial charge in [-0.05, 0) is 5.56 Å². The molecule has 1 aliphatic rings. The highest BCUT2D eigenvalue weighted by Crippen LogP contribution is 2.30. The first-order valence-corrected chi connectivity index (χ1v) is 9.13. The summed E-state index contributed by atoms with van der Waals surface area (Å²) in [4.78, 5) is 34.6. The van der Waals surface area contributed by atoms with Gasteiger partial charge in [0, 0.05) is 27.9 Å². The number of hydrogen-bond donors (Lipinski definition) is 0. The van der Waals surface area contributed by atoms with E-state index in [4.69, 9.17) is 28.4 Å². The zero-order valence-corrected chi connectivity index (χ0v) is 16.9. The summed E-state index contributed by atoms with van der Waals surface area (Å²) in [7, 11) is 1.38. The van der Waals surface area contributed by atoms with Crippen LogP contribution >= 0.6 is 0 Å². The highest BCUT2D eigenvalue weighted by atomic mass is 16.7. The molecule has 0 unspecified atom stereocenters.